The van der Waals surface area contributed by atoms with Crippen LogP contribution in [-0.2, 0) is 28.5 Å². The van der Waals surface area contributed by atoms with Gasteiger partial charge < -0.3 is 34.0 Å². The molecule has 0 amide bonds. The van der Waals surface area contributed by atoms with E-state index in [1.54, 1.807) is 26.6 Å². The van der Waals surface area contributed by atoms with Gasteiger partial charge in [-0.05, 0) is 60.4 Å². The van der Waals surface area contributed by atoms with E-state index in [0.717, 1.165) is 43.6 Å². The van der Waals surface area contributed by atoms with Crippen molar-refractivity contribution >= 4 is 48.1 Å². The minimum atomic E-state index is -1.22. The van der Waals surface area contributed by atoms with Crippen molar-refractivity contribution in [2.24, 2.45) is 0 Å². The summed E-state index contributed by atoms with van der Waals surface area (Å²) >= 11 is 2.36. The highest BCUT2D eigenvalue weighted by Gasteiger charge is 2.45. The molecule has 0 bridgehead atoms. The Balaban J connectivity index is 1.44. The lowest BCUT2D eigenvalue weighted by Crippen LogP contribution is -2.46. The van der Waals surface area contributed by atoms with Crippen LogP contribution in [0.4, 0.5) is 5.82 Å². The van der Waals surface area contributed by atoms with Gasteiger partial charge in [-0.3, -0.25) is 4.98 Å². The van der Waals surface area contributed by atoms with Crippen LogP contribution in [0.25, 0.3) is 28.3 Å². The van der Waals surface area contributed by atoms with Crippen molar-refractivity contribution in [3.63, 3.8) is 0 Å². The molecule has 0 radical (unpaired) electrons. The van der Waals surface area contributed by atoms with E-state index in [-0.39, 0.29) is 18.5 Å². The topological polar surface area (TPSA) is 147 Å². The summed E-state index contributed by atoms with van der Waals surface area (Å²) < 4.78 is 30.9. The van der Waals surface area contributed by atoms with Crippen LogP contribution in [0.1, 0.15) is 37.3 Å². The first-order valence-electron chi connectivity index (χ1n) is 16.3. The lowest BCUT2D eigenvalue weighted by molar-refractivity contribution is -0.181. The maximum absolute atomic E-state index is 13.3. The molecule has 0 unspecified atom stereocenters. The van der Waals surface area contributed by atoms with Gasteiger partial charge in [0, 0.05) is 64.5 Å². The molecule has 1 aliphatic carbocycles. The van der Waals surface area contributed by atoms with Crippen molar-refractivity contribution in [2.75, 3.05) is 59.3 Å². The van der Waals surface area contributed by atoms with Crippen LogP contribution in [0, 0.1) is 3.57 Å². The summed E-state index contributed by atoms with van der Waals surface area (Å²) in [6.45, 7) is 9.28. The lowest BCUT2D eigenvalue weighted by atomic mass is 9.77. The minimum absolute atomic E-state index is 0.0865. The van der Waals surface area contributed by atoms with Crippen LogP contribution in [0.3, 0.4) is 0 Å². The third kappa shape index (κ3) is 8.79. The molecule has 4 aromatic heterocycles. The average molecular weight is 792 g/mol. The normalized spacial score (nSPS) is 18.3. The Morgan fingerprint density at radius 1 is 1.06 bits per heavy atom. The van der Waals surface area contributed by atoms with Gasteiger partial charge in [0.2, 0.25) is 0 Å². The van der Waals surface area contributed by atoms with Crippen LogP contribution in [0.5, 0.6) is 0 Å². The quantitative estimate of drug-likeness (QED) is 0.0443. The van der Waals surface area contributed by atoms with Crippen LogP contribution in [0.15, 0.2) is 36.9 Å². The number of nitrogens with zero attached hydrogens (tertiary/aromatic N) is 5. The van der Waals surface area contributed by atoms with E-state index in [1.165, 1.54) is 0 Å². The molecule has 1 fully saturated rings. The molecular formula is C33H46IN7O6Si. The molecule has 0 atom stereocenters. The number of rotatable bonds is 17. The fourth-order valence-corrected chi connectivity index (χ4v) is 7.46. The number of hydrogen-bond acceptors (Lipinski definition) is 11. The van der Waals surface area contributed by atoms with E-state index in [1.807, 2.05) is 29.0 Å². The zero-order chi connectivity index (χ0) is 34.1. The summed E-state index contributed by atoms with van der Waals surface area (Å²) in [6, 6.07) is 5.03. The van der Waals surface area contributed by atoms with E-state index in [0.29, 0.717) is 64.7 Å². The molecule has 0 saturated heterocycles. The number of carbonyl (C=O) groups excluding carboxylic acids is 1. The summed E-state index contributed by atoms with van der Waals surface area (Å²) in [5.41, 5.74) is 3.14. The molecule has 260 valence electrons. The first-order valence-corrected chi connectivity index (χ1v) is 21.1. The third-order valence-corrected chi connectivity index (χ3v) is 11.3. The second kappa shape index (κ2) is 16.6. The number of aromatic nitrogens is 6. The number of aromatic amines is 1. The Morgan fingerprint density at radius 3 is 2.50 bits per heavy atom. The molecule has 5 rings (SSSR count). The molecule has 2 N–H and O–H groups in total. The Bertz CT molecular complexity index is 1620. The maximum Gasteiger partial charge on any atom is 0.338 e. The van der Waals surface area contributed by atoms with Crippen LogP contribution in [-0.4, -0.2) is 103 Å². The van der Waals surface area contributed by atoms with Crippen molar-refractivity contribution in [3.05, 3.63) is 46.2 Å². The molecule has 13 nitrogen and oxygen atoms in total. The van der Waals surface area contributed by atoms with E-state index in [4.69, 9.17) is 33.8 Å². The van der Waals surface area contributed by atoms with Gasteiger partial charge in [0.1, 0.15) is 24.8 Å². The van der Waals surface area contributed by atoms with Crippen LogP contribution in [0.2, 0.25) is 25.7 Å². The number of methoxy groups -OCH3 is 2. The number of ether oxygens (including phenoxy) is 5. The Hall–Kier alpha value is -2.96. The summed E-state index contributed by atoms with van der Waals surface area (Å²) in [5.74, 6) is 1.26. The number of esters is 1. The van der Waals surface area contributed by atoms with Gasteiger partial charge in [-0.2, -0.15) is 9.61 Å². The highest BCUT2D eigenvalue weighted by molar-refractivity contribution is 14.1. The molecule has 1 aliphatic rings. The fraction of sp³-hybridized carbons (Fsp3) is 0.545. The van der Waals surface area contributed by atoms with Crippen molar-refractivity contribution in [1.29, 1.82) is 0 Å². The molecule has 48 heavy (non-hydrogen) atoms. The summed E-state index contributed by atoms with van der Waals surface area (Å²) in [6.07, 6.45) is 9.53. The summed E-state index contributed by atoms with van der Waals surface area (Å²) in [5, 5.41) is 8.27. The first kappa shape index (κ1) is 36.3. The van der Waals surface area contributed by atoms with Gasteiger partial charge >= 0.3 is 5.97 Å². The summed E-state index contributed by atoms with van der Waals surface area (Å²) in [4.78, 5) is 30.6. The van der Waals surface area contributed by atoms with E-state index < -0.39 is 13.7 Å². The number of halogens is 1. The van der Waals surface area contributed by atoms with E-state index >= 15 is 0 Å². The first-order chi connectivity index (χ1) is 23.2. The van der Waals surface area contributed by atoms with Gasteiger partial charge in [-0.25, -0.2) is 14.8 Å². The monoisotopic (exact) mass is 791 g/mol. The van der Waals surface area contributed by atoms with Gasteiger partial charge in [0.05, 0.1) is 35.3 Å². The van der Waals surface area contributed by atoms with Crippen LogP contribution >= 0.6 is 22.6 Å². The number of pyridine rings is 1. The summed E-state index contributed by atoms with van der Waals surface area (Å²) in [7, 11) is 1.98. The Labute approximate surface area is 296 Å². The van der Waals surface area contributed by atoms with Crippen LogP contribution < -0.4 is 5.32 Å². The SMILES string of the molecule is COCCOC(=O)C1(OCCOC)CCC(c2nc3c(-c4ccc(-c5ncc[nH]5)nc4)cnn3c(NCOCC[Si](C)(C)C)c2I)CC1. The largest absolute Gasteiger partial charge is 0.461 e. The number of imidazole rings is 1. The number of carbonyl (C=O) groups is 1. The second-order valence-electron chi connectivity index (χ2n) is 13.1. The van der Waals surface area contributed by atoms with Crippen molar-refractivity contribution in [3.8, 4) is 22.6 Å². The number of hydrogen-bond donors (Lipinski definition) is 2. The fourth-order valence-electron chi connectivity index (χ4n) is 5.72. The number of anilines is 1. The molecule has 15 heteroatoms. The maximum atomic E-state index is 13.3. The Morgan fingerprint density at radius 2 is 1.83 bits per heavy atom. The van der Waals surface area contributed by atoms with Gasteiger partial charge in [0.15, 0.2) is 17.1 Å². The molecule has 0 aliphatic heterocycles. The average Bonchev–Trinajstić information content (AvgIpc) is 3.76. The zero-order valence-electron chi connectivity index (χ0n) is 28.4. The van der Waals surface area contributed by atoms with Crippen molar-refractivity contribution < 1.29 is 28.5 Å². The Kier molecular flexibility index (Phi) is 12.6. The van der Waals surface area contributed by atoms with Gasteiger partial charge in [-0.1, -0.05) is 25.7 Å². The molecule has 1 saturated carbocycles. The van der Waals surface area contributed by atoms with Crippen molar-refractivity contribution in [2.45, 2.75) is 62.9 Å². The number of fused-ring (bicyclic) bond motifs is 1. The predicted octanol–water partition coefficient (Wildman–Crippen LogP) is 5.76. The highest BCUT2D eigenvalue weighted by Crippen LogP contribution is 2.43. The standard InChI is InChI=1S/C33H46IN7O6Si/c1-43-14-16-46-32(42)33(47-17-15-44-2)10-8-23(9-11-33)28-27(34)31(38-22-45-18-19-48(3,4)5)41-30(40-28)25(21-39-41)24-6-7-26(37-20-24)29-35-12-13-36-29/h6-7,12-13,20-21,23,38H,8-11,14-19,22H2,1-5H3,(H,35,36). The molecule has 4 heterocycles. The highest BCUT2D eigenvalue weighted by atomic mass is 127. The number of H-pyrrole nitrogens is 1. The third-order valence-electron chi connectivity index (χ3n) is 8.51. The smallest absolute Gasteiger partial charge is 0.338 e. The molecular weight excluding hydrogens is 745 g/mol. The van der Waals surface area contributed by atoms with Gasteiger partial charge in [0.25, 0.3) is 0 Å². The second-order valence-corrected chi connectivity index (χ2v) is 19.8. The minimum Gasteiger partial charge on any atom is -0.461 e. The lowest BCUT2D eigenvalue weighted by Gasteiger charge is -2.38. The molecule has 4 aromatic rings. The van der Waals surface area contributed by atoms with Crippen molar-refractivity contribution in [1.82, 2.24) is 29.5 Å². The van der Waals surface area contributed by atoms with E-state index in [9.17, 15) is 4.79 Å². The predicted molar refractivity (Wildman–Crippen MR) is 194 cm³/mol. The van der Waals surface area contributed by atoms with Gasteiger partial charge in [-0.15, -0.1) is 0 Å². The number of nitrogens with one attached hydrogen (secondary N) is 2. The molecule has 0 aromatic carbocycles. The molecule has 0 spiro atoms. The zero-order valence-corrected chi connectivity index (χ0v) is 31.5. The van der Waals surface area contributed by atoms with E-state index in [2.05, 4.69) is 62.5 Å².